The van der Waals surface area contributed by atoms with E-state index in [0.717, 1.165) is 25.0 Å². The molecule has 0 aromatic carbocycles. The van der Waals surface area contributed by atoms with Crippen LogP contribution < -0.4 is 15.1 Å². The zero-order chi connectivity index (χ0) is 13.9. The highest BCUT2D eigenvalue weighted by molar-refractivity contribution is 5.45. The SMILES string of the molecule is CNc1nc(N2CCCCC2)nc(N(C)C2CCC2)n1. The third-order valence-corrected chi connectivity index (χ3v) is 4.41. The summed E-state index contributed by atoms with van der Waals surface area (Å²) in [5, 5.41) is 3.06. The van der Waals surface area contributed by atoms with Crippen LogP contribution in [0.4, 0.5) is 17.8 Å². The summed E-state index contributed by atoms with van der Waals surface area (Å²) in [6.45, 7) is 2.11. The number of piperidine rings is 1. The molecule has 2 aliphatic rings. The van der Waals surface area contributed by atoms with Gasteiger partial charge in [-0.2, -0.15) is 15.0 Å². The van der Waals surface area contributed by atoms with Gasteiger partial charge in [-0.25, -0.2) is 0 Å². The zero-order valence-corrected chi connectivity index (χ0v) is 12.5. The monoisotopic (exact) mass is 276 g/mol. The number of hydrogen-bond acceptors (Lipinski definition) is 6. The highest BCUT2D eigenvalue weighted by Gasteiger charge is 2.25. The molecule has 20 heavy (non-hydrogen) atoms. The number of aromatic nitrogens is 3. The van der Waals surface area contributed by atoms with E-state index < -0.39 is 0 Å². The molecule has 110 valence electrons. The molecule has 1 aromatic rings. The van der Waals surface area contributed by atoms with E-state index in [9.17, 15) is 0 Å². The van der Waals surface area contributed by atoms with Crippen molar-refractivity contribution >= 4 is 17.8 Å². The third-order valence-electron chi connectivity index (χ3n) is 4.41. The maximum Gasteiger partial charge on any atom is 0.231 e. The van der Waals surface area contributed by atoms with Gasteiger partial charge in [0.2, 0.25) is 17.8 Å². The fraction of sp³-hybridized carbons (Fsp3) is 0.786. The maximum absolute atomic E-state index is 4.70. The largest absolute Gasteiger partial charge is 0.357 e. The van der Waals surface area contributed by atoms with Crippen LogP contribution in [-0.4, -0.2) is 48.2 Å². The Balaban J connectivity index is 1.85. The normalized spacial score (nSPS) is 19.6. The second-order valence-electron chi connectivity index (χ2n) is 5.75. The van der Waals surface area contributed by atoms with Gasteiger partial charge in [-0.3, -0.25) is 0 Å². The van der Waals surface area contributed by atoms with Crippen LogP contribution in [0.1, 0.15) is 38.5 Å². The first kappa shape index (κ1) is 13.4. The molecular weight excluding hydrogens is 252 g/mol. The fourth-order valence-corrected chi connectivity index (χ4v) is 2.80. The van der Waals surface area contributed by atoms with Crippen LogP contribution in [0.3, 0.4) is 0 Å². The van der Waals surface area contributed by atoms with E-state index in [1.54, 1.807) is 0 Å². The lowest BCUT2D eigenvalue weighted by atomic mass is 9.92. The van der Waals surface area contributed by atoms with Crippen LogP contribution in [0, 0.1) is 0 Å². The van der Waals surface area contributed by atoms with Crippen molar-refractivity contribution in [1.29, 1.82) is 0 Å². The van der Waals surface area contributed by atoms with E-state index in [1.807, 2.05) is 7.05 Å². The molecule has 1 saturated heterocycles. The second kappa shape index (κ2) is 5.81. The molecule has 1 aliphatic heterocycles. The molecule has 0 spiro atoms. The molecule has 3 rings (SSSR count). The second-order valence-corrected chi connectivity index (χ2v) is 5.75. The summed E-state index contributed by atoms with van der Waals surface area (Å²) in [5.74, 6) is 2.29. The van der Waals surface area contributed by atoms with Crippen molar-refractivity contribution in [3.05, 3.63) is 0 Å². The van der Waals surface area contributed by atoms with Gasteiger partial charge in [0.1, 0.15) is 0 Å². The Morgan fingerprint density at radius 3 is 2.40 bits per heavy atom. The Kier molecular flexibility index (Phi) is 3.89. The van der Waals surface area contributed by atoms with Gasteiger partial charge in [0, 0.05) is 33.2 Å². The average Bonchev–Trinajstić information content (AvgIpc) is 2.46. The average molecular weight is 276 g/mol. The Morgan fingerprint density at radius 2 is 1.80 bits per heavy atom. The first-order chi connectivity index (χ1) is 9.78. The van der Waals surface area contributed by atoms with Crippen LogP contribution in [0.25, 0.3) is 0 Å². The first-order valence-corrected chi connectivity index (χ1v) is 7.69. The summed E-state index contributed by atoms with van der Waals surface area (Å²) in [4.78, 5) is 18.2. The van der Waals surface area contributed by atoms with E-state index >= 15 is 0 Å². The summed E-state index contributed by atoms with van der Waals surface area (Å²) in [7, 11) is 3.96. The molecule has 2 heterocycles. The number of rotatable bonds is 4. The van der Waals surface area contributed by atoms with E-state index in [4.69, 9.17) is 4.98 Å². The topological polar surface area (TPSA) is 57.2 Å². The molecule has 1 aromatic heterocycles. The molecule has 1 saturated carbocycles. The van der Waals surface area contributed by atoms with Gasteiger partial charge < -0.3 is 15.1 Å². The van der Waals surface area contributed by atoms with E-state index in [0.29, 0.717) is 12.0 Å². The lowest BCUT2D eigenvalue weighted by Gasteiger charge is -2.35. The molecule has 1 aliphatic carbocycles. The molecule has 2 fully saturated rings. The third kappa shape index (κ3) is 2.64. The highest BCUT2D eigenvalue weighted by atomic mass is 15.4. The van der Waals surface area contributed by atoms with E-state index in [2.05, 4.69) is 32.1 Å². The molecule has 1 N–H and O–H groups in total. The maximum atomic E-state index is 4.70. The standard InChI is InChI=1S/C14H24N6/c1-15-12-16-13(19(2)11-7-6-8-11)18-14(17-12)20-9-4-3-5-10-20/h11H,3-10H2,1-2H3,(H,15,16,17,18). The molecule has 0 amide bonds. The van der Waals surface area contributed by atoms with Gasteiger partial charge in [-0.15, -0.1) is 0 Å². The minimum Gasteiger partial charge on any atom is -0.357 e. The number of nitrogens with one attached hydrogen (secondary N) is 1. The minimum atomic E-state index is 0.594. The van der Waals surface area contributed by atoms with Crippen molar-refractivity contribution in [3.8, 4) is 0 Å². The van der Waals surface area contributed by atoms with Gasteiger partial charge in [0.15, 0.2) is 0 Å². The molecule has 6 heteroatoms. The van der Waals surface area contributed by atoms with Crippen molar-refractivity contribution in [2.24, 2.45) is 0 Å². The first-order valence-electron chi connectivity index (χ1n) is 7.69. The van der Waals surface area contributed by atoms with E-state index in [1.165, 1.54) is 38.5 Å². The Morgan fingerprint density at radius 1 is 1.05 bits per heavy atom. The molecule has 0 unspecified atom stereocenters. The van der Waals surface area contributed by atoms with Crippen molar-refractivity contribution in [1.82, 2.24) is 15.0 Å². The van der Waals surface area contributed by atoms with Gasteiger partial charge in [-0.05, 0) is 38.5 Å². The van der Waals surface area contributed by atoms with Gasteiger partial charge in [0.05, 0.1) is 0 Å². The van der Waals surface area contributed by atoms with Crippen molar-refractivity contribution in [2.75, 3.05) is 42.3 Å². The lowest BCUT2D eigenvalue weighted by molar-refractivity contribution is 0.397. The van der Waals surface area contributed by atoms with Gasteiger partial charge in [-0.1, -0.05) is 0 Å². The number of nitrogens with zero attached hydrogens (tertiary/aromatic N) is 5. The predicted molar refractivity (Wildman–Crippen MR) is 81.5 cm³/mol. The summed E-state index contributed by atoms with van der Waals surface area (Å²) in [5.41, 5.74) is 0. The quantitative estimate of drug-likeness (QED) is 0.906. The molecular formula is C14H24N6. The van der Waals surface area contributed by atoms with E-state index in [-0.39, 0.29) is 0 Å². The van der Waals surface area contributed by atoms with Crippen LogP contribution >= 0.6 is 0 Å². The van der Waals surface area contributed by atoms with Gasteiger partial charge >= 0.3 is 0 Å². The van der Waals surface area contributed by atoms with Gasteiger partial charge in [0.25, 0.3) is 0 Å². The molecule has 0 atom stereocenters. The van der Waals surface area contributed by atoms with Crippen molar-refractivity contribution < 1.29 is 0 Å². The van der Waals surface area contributed by atoms with Crippen molar-refractivity contribution in [2.45, 2.75) is 44.6 Å². The highest BCUT2D eigenvalue weighted by Crippen LogP contribution is 2.27. The summed E-state index contributed by atoms with van der Waals surface area (Å²) in [6, 6.07) is 0.594. The summed E-state index contributed by atoms with van der Waals surface area (Å²) < 4.78 is 0. The number of hydrogen-bond donors (Lipinski definition) is 1. The Labute approximate surface area is 120 Å². The zero-order valence-electron chi connectivity index (χ0n) is 12.5. The number of anilines is 3. The Bertz CT molecular complexity index is 433. The lowest BCUT2D eigenvalue weighted by Crippen LogP contribution is -2.39. The predicted octanol–water partition coefficient (Wildman–Crippen LogP) is 1.89. The van der Waals surface area contributed by atoms with Crippen LogP contribution in [0.2, 0.25) is 0 Å². The minimum absolute atomic E-state index is 0.594. The van der Waals surface area contributed by atoms with Crippen LogP contribution in [0.5, 0.6) is 0 Å². The Hall–Kier alpha value is -1.59. The summed E-state index contributed by atoms with van der Waals surface area (Å²) >= 11 is 0. The van der Waals surface area contributed by atoms with Crippen LogP contribution in [-0.2, 0) is 0 Å². The summed E-state index contributed by atoms with van der Waals surface area (Å²) in [6.07, 6.45) is 7.59. The molecule has 6 nitrogen and oxygen atoms in total. The fourth-order valence-electron chi connectivity index (χ4n) is 2.80. The smallest absolute Gasteiger partial charge is 0.231 e. The molecule has 0 bridgehead atoms. The molecule has 0 radical (unpaired) electrons. The van der Waals surface area contributed by atoms with Crippen molar-refractivity contribution in [3.63, 3.8) is 0 Å². The van der Waals surface area contributed by atoms with Crippen LogP contribution in [0.15, 0.2) is 0 Å².